The van der Waals surface area contributed by atoms with Crippen molar-refractivity contribution in [3.63, 3.8) is 0 Å². The quantitative estimate of drug-likeness (QED) is 0.122. The predicted molar refractivity (Wildman–Crippen MR) is 340 cm³/mol. The first-order chi connectivity index (χ1) is 40.6. The van der Waals surface area contributed by atoms with Crippen LogP contribution in [0.3, 0.4) is 0 Å². The number of hydrogen-bond donors (Lipinski definition) is 0. The number of aromatic nitrogens is 8. The van der Waals surface area contributed by atoms with Crippen LogP contribution in [0.1, 0.15) is 105 Å². The van der Waals surface area contributed by atoms with Crippen molar-refractivity contribution in [2.45, 2.75) is 110 Å². The van der Waals surface area contributed by atoms with Gasteiger partial charge in [0, 0.05) is 113 Å². The van der Waals surface area contributed by atoms with Gasteiger partial charge in [-0.3, -0.25) is 0 Å². The van der Waals surface area contributed by atoms with E-state index in [-0.39, 0.29) is 56.1 Å². The molecular formula is C70H70ClF5N8OS. The number of methoxy groups -OCH3 is 1. The fraction of sp³-hybridized carbons (Fsp3) is 0.257. The lowest BCUT2D eigenvalue weighted by Gasteiger charge is -2.22. The van der Waals surface area contributed by atoms with Gasteiger partial charge in [-0.05, 0) is 74.4 Å². The number of nitrogens with zero attached hydrogens (tertiary/aromatic N) is 8. The number of halogens is 6. The van der Waals surface area contributed by atoms with Crippen molar-refractivity contribution in [3.05, 3.63) is 228 Å². The van der Waals surface area contributed by atoms with Gasteiger partial charge in [-0.1, -0.05) is 167 Å². The van der Waals surface area contributed by atoms with Crippen LogP contribution in [0, 0.1) is 29.1 Å². The highest BCUT2D eigenvalue weighted by atomic mass is 35.5. The van der Waals surface area contributed by atoms with Crippen LogP contribution in [-0.4, -0.2) is 50.9 Å². The minimum absolute atomic E-state index is 0.151. The van der Waals surface area contributed by atoms with E-state index in [4.69, 9.17) is 16.3 Å². The fourth-order valence-corrected chi connectivity index (χ4v) is 11.3. The number of hydrogen-bond acceptors (Lipinski definition) is 6. The molecule has 12 rings (SSSR count). The topological polar surface area (TPSA) is 78.4 Å². The molecule has 0 saturated heterocycles. The number of benzene rings is 4. The molecule has 8 heterocycles. The van der Waals surface area contributed by atoms with Crippen LogP contribution in [0.2, 0.25) is 5.02 Å². The second kappa shape index (κ2) is 24.6. The lowest BCUT2D eigenvalue weighted by Crippen LogP contribution is -2.14. The van der Waals surface area contributed by atoms with E-state index in [0.29, 0.717) is 72.2 Å². The normalized spacial score (nSPS) is 12.0. The smallest absolute Gasteiger partial charge is 0.148 e. The molecule has 0 aliphatic carbocycles. The van der Waals surface area contributed by atoms with E-state index in [9.17, 15) is 13.2 Å². The molecule has 0 unspecified atom stereocenters. The summed E-state index contributed by atoms with van der Waals surface area (Å²) in [6.07, 6.45) is 23.2. The molecule has 12 aromatic rings. The molecule has 8 aromatic heterocycles. The fourth-order valence-electron chi connectivity index (χ4n) is 10.4. The second-order valence-electron chi connectivity index (χ2n) is 24.9. The molecule has 16 heteroatoms. The van der Waals surface area contributed by atoms with Crippen molar-refractivity contribution < 1.29 is 26.7 Å². The largest absolute Gasteiger partial charge is 0.496 e. The zero-order chi connectivity index (χ0) is 62.2. The van der Waals surface area contributed by atoms with Crippen molar-refractivity contribution in [1.82, 2.24) is 37.5 Å². The summed E-state index contributed by atoms with van der Waals surface area (Å²) in [5, 5.41) is 0.499. The summed E-state index contributed by atoms with van der Waals surface area (Å²) in [5.41, 5.74) is 8.31. The highest BCUT2D eigenvalue weighted by molar-refractivity contribution is 7.98. The number of fused-ring (bicyclic) bond motifs is 4. The van der Waals surface area contributed by atoms with Crippen LogP contribution in [0.4, 0.5) is 22.0 Å². The van der Waals surface area contributed by atoms with Crippen molar-refractivity contribution in [2.24, 2.45) is 0 Å². The second-order valence-corrected chi connectivity index (χ2v) is 26.2. The standard InChI is InChI=1S/C18H19FN2O.C18H19FN2S.C17H16ClFN2.C17H16F2N2/c2*1-18(2,3)13-7-5-6-12(16(13)19)15-14(22-4)8-10-21-11-9-20-17(15)21;2*1-17(2,3)12-6-4-5-11(15(12)19)14-13(18)7-9-21-10-8-20-16(14)21/h2*5-11H,1-4H3;2*4-10H,1-3H3. The molecule has 0 aliphatic rings. The van der Waals surface area contributed by atoms with Crippen molar-refractivity contribution >= 4 is 46.0 Å². The molecule has 0 saturated carbocycles. The summed E-state index contributed by atoms with van der Waals surface area (Å²) in [6, 6.07) is 28.6. The number of pyridine rings is 4. The Morgan fingerprint density at radius 1 is 0.384 bits per heavy atom. The van der Waals surface area contributed by atoms with Gasteiger partial charge < -0.3 is 22.3 Å². The van der Waals surface area contributed by atoms with Gasteiger partial charge in [0.2, 0.25) is 0 Å². The van der Waals surface area contributed by atoms with E-state index in [0.717, 1.165) is 21.7 Å². The molecule has 0 fully saturated rings. The van der Waals surface area contributed by atoms with Crippen LogP contribution in [0.5, 0.6) is 5.75 Å². The van der Waals surface area contributed by atoms with E-state index in [1.807, 2.05) is 194 Å². The highest BCUT2D eigenvalue weighted by Gasteiger charge is 2.28. The predicted octanol–water partition coefficient (Wildman–Crippen LogP) is 19.3. The number of imidazole rings is 4. The lowest BCUT2D eigenvalue weighted by atomic mass is 9.85. The third-order valence-corrected chi connectivity index (χ3v) is 15.9. The zero-order valence-corrected chi connectivity index (χ0v) is 52.4. The van der Waals surface area contributed by atoms with Crippen LogP contribution in [-0.2, 0) is 21.7 Å². The van der Waals surface area contributed by atoms with Gasteiger partial charge in [0.15, 0.2) is 0 Å². The van der Waals surface area contributed by atoms with Gasteiger partial charge in [-0.2, -0.15) is 0 Å². The molecule has 0 bridgehead atoms. The Labute approximate surface area is 508 Å². The van der Waals surface area contributed by atoms with Gasteiger partial charge in [0.1, 0.15) is 57.4 Å². The number of rotatable bonds is 6. The molecule has 0 amide bonds. The Balaban J connectivity index is 0.000000137. The Hall–Kier alpha value is -8.27. The summed E-state index contributed by atoms with van der Waals surface area (Å²) < 4.78 is 87.1. The first-order valence-electron chi connectivity index (χ1n) is 28.0. The molecule has 9 nitrogen and oxygen atoms in total. The zero-order valence-electron chi connectivity index (χ0n) is 50.8. The summed E-state index contributed by atoms with van der Waals surface area (Å²) in [5.74, 6) is -0.851. The van der Waals surface area contributed by atoms with Gasteiger partial charge in [0.05, 0.1) is 23.3 Å². The first-order valence-corrected chi connectivity index (χ1v) is 29.6. The third kappa shape index (κ3) is 12.5. The van der Waals surface area contributed by atoms with E-state index in [1.165, 1.54) is 6.07 Å². The summed E-state index contributed by atoms with van der Waals surface area (Å²) in [6.45, 7) is 23.9. The molecule has 0 spiro atoms. The highest BCUT2D eigenvalue weighted by Crippen LogP contribution is 2.42. The minimum atomic E-state index is -0.473. The van der Waals surface area contributed by atoms with E-state index < -0.39 is 5.82 Å². The maximum absolute atomic E-state index is 15.2. The Morgan fingerprint density at radius 2 is 0.698 bits per heavy atom. The van der Waals surface area contributed by atoms with Crippen LogP contribution in [0.15, 0.2) is 176 Å². The van der Waals surface area contributed by atoms with Gasteiger partial charge in [0.25, 0.3) is 0 Å². The Bertz CT molecular complexity index is 4140. The number of ether oxygens (including phenoxy) is 1. The summed E-state index contributed by atoms with van der Waals surface area (Å²) >= 11 is 7.92. The van der Waals surface area contributed by atoms with Crippen LogP contribution >= 0.6 is 23.4 Å². The molecule has 0 atom stereocenters. The Morgan fingerprint density at radius 3 is 1.08 bits per heavy atom. The number of thioether (sulfide) groups is 1. The van der Waals surface area contributed by atoms with E-state index >= 15 is 8.78 Å². The monoisotopic (exact) mass is 1200 g/mol. The molecular weight excluding hydrogens is 1130 g/mol. The van der Waals surface area contributed by atoms with E-state index in [2.05, 4.69) is 19.9 Å². The van der Waals surface area contributed by atoms with Crippen molar-refractivity contribution in [2.75, 3.05) is 13.4 Å². The third-order valence-electron chi connectivity index (χ3n) is 14.8. The average molecular weight is 1200 g/mol. The van der Waals surface area contributed by atoms with Crippen molar-refractivity contribution in [1.29, 1.82) is 0 Å². The first kappa shape index (κ1) is 62.3. The van der Waals surface area contributed by atoms with Crippen LogP contribution < -0.4 is 4.74 Å². The molecule has 444 valence electrons. The van der Waals surface area contributed by atoms with Crippen molar-refractivity contribution in [3.8, 4) is 50.3 Å². The van der Waals surface area contributed by atoms with Gasteiger partial charge in [-0.25, -0.2) is 41.9 Å². The van der Waals surface area contributed by atoms with E-state index in [1.54, 1.807) is 96.9 Å². The van der Waals surface area contributed by atoms with Gasteiger partial charge >= 0.3 is 0 Å². The molecule has 0 N–H and O–H groups in total. The van der Waals surface area contributed by atoms with Crippen LogP contribution in [0.25, 0.3) is 67.1 Å². The maximum Gasteiger partial charge on any atom is 0.148 e. The van der Waals surface area contributed by atoms with Gasteiger partial charge in [-0.15, -0.1) is 11.8 Å². The molecule has 4 aromatic carbocycles. The lowest BCUT2D eigenvalue weighted by molar-refractivity contribution is 0.416. The molecule has 0 radical (unpaired) electrons. The summed E-state index contributed by atoms with van der Waals surface area (Å²) in [7, 11) is 1.59. The SMILES string of the molecule is CC(C)(C)c1cccc(-c2c(Cl)ccn3ccnc23)c1F.CC(C)(C)c1cccc(-c2c(F)ccn3ccnc23)c1F.COc1ccn2ccnc2c1-c1cccc(C(C)(C)C)c1F.CSc1ccn2ccnc2c1-c1cccc(C(C)(C)C)c1F. The molecule has 86 heavy (non-hydrogen) atoms. The molecule has 0 aliphatic heterocycles. The minimum Gasteiger partial charge on any atom is -0.496 e. The Kier molecular flexibility index (Phi) is 17.8. The maximum atomic E-state index is 15.2. The summed E-state index contributed by atoms with van der Waals surface area (Å²) in [4.78, 5) is 18.2. The average Bonchev–Trinajstić information content (AvgIpc) is 1.65.